The van der Waals surface area contributed by atoms with Crippen molar-refractivity contribution in [3.05, 3.63) is 194 Å². The van der Waals surface area contributed by atoms with Crippen LogP contribution < -0.4 is 53.6 Å². The summed E-state index contributed by atoms with van der Waals surface area (Å²) in [6.45, 7) is 7.63. The van der Waals surface area contributed by atoms with Crippen LogP contribution in [0.2, 0.25) is 0 Å². The first-order valence-electron chi connectivity index (χ1n) is 32.2. The number of aliphatic carboxylic acids is 1. The maximum Gasteiger partial charge on any atom is 0.303 e. The molecule has 2 aliphatic heterocycles. The molecule has 0 radical (unpaired) electrons. The van der Waals surface area contributed by atoms with Gasteiger partial charge in [-0.3, -0.25) is 19.2 Å². The molecule has 492 valence electrons. The zero-order valence-electron chi connectivity index (χ0n) is 53.2. The third kappa shape index (κ3) is 19.5. The van der Waals surface area contributed by atoms with Crippen LogP contribution in [0.5, 0.6) is 0 Å². The van der Waals surface area contributed by atoms with Gasteiger partial charge in [-0.2, -0.15) is 0 Å². The number of hydrogen-bond acceptors (Lipinski definition) is 17. The number of morpholine rings is 2. The van der Waals surface area contributed by atoms with Crippen LogP contribution in [0.15, 0.2) is 183 Å². The summed E-state index contributed by atoms with van der Waals surface area (Å²) in [4.78, 5) is 72.0. The lowest BCUT2D eigenvalue weighted by molar-refractivity contribution is -0.137. The van der Waals surface area contributed by atoms with Crippen molar-refractivity contribution < 1.29 is 33.8 Å². The van der Waals surface area contributed by atoms with E-state index in [4.69, 9.17) is 41.7 Å². The van der Waals surface area contributed by atoms with Gasteiger partial charge in [-0.1, -0.05) is 74.2 Å². The third-order valence-corrected chi connectivity index (χ3v) is 16.1. The molecule has 12 N–H and O–H groups in total. The van der Waals surface area contributed by atoms with Crippen LogP contribution in [0.25, 0.3) is 33.8 Å². The lowest BCUT2D eigenvalue weighted by Gasteiger charge is -2.28. The largest absolute Gasteiger partial charge is 0.481 e. The lowest BCUT2D eigenvalue weighted by Crippen LogP contribution is -2.36. The average Bonchev–Trinajstić information content (AvgIpc) is 1.82. The number of carboxylic acid groups (broad SMARTS) is 1. The minimum atomic E-state index is -0.768. The number of nitrogen functional groups attached to an aromatic ring is 3. The fourth-order valence-electron chi connectivity index (χ4n) is 10.8. The number of nitrogens with zero attached hydrogens (tertiary/aromatic N) is 8. The molecule has 23 nitrogen and oxygen atoms in total. The van der Waals surface area contributed by atoms with E-state index in [0.717, 1.165) is 137 Å². The van der Waals surface area contributed by atoms with E-state index >= 15 is 0 Å². The number of hydrogen-bond donors (Lipinski definition) is 9. The number of benzene rings is 6. The number of unbranched alkanes of at least 4 members (excludes halogenated alkanes) is 6. The van der Waals surface area contributed by atoms with Gasteiger partial charge in [0.15, 0.2) is 22.9 Å². The van der Waals surface area contributed by atoms with E-state index in [1.54, 1.807) is 42.7 Å². The molecule has 0 bridgehead atoms. The molecular weight excluding hydrogens is 1200 g/mol. The van der Waals surface area contributed by atoms with Crippen molar-refractivity contribution in [1.29, 1.82) is 0 Å². The molecule has 0 saturated carbocycles. The molecule has 0 unspecified atom stereocenters. The number of rotatable bonds is 25. The molecule has 6 aromatic carbocycles. The summed E-state index contributed by atoms with van der Waals surface area (Å²) < 4.78 is 14.8. The van der Waals surface area contributed by atoms with Crippen molar-refractivity contribution >= 4 is 92.1 Å². The van der Waals surface area contributed by atoms with Crippen molar-refractivity contribution in [2.75, 3.05) is 109 Å². The fourth-order valence-corrected chi connectivity index (χ4v) is 10.8. The van der Waals surface area contributed by atoms with E-state index in [1.807, 2.05) is 125 Å². The van der Waals surface area contributed by atoms with Gasteiger partial charge in [0.2, 0.25) is 5.91 Å². The third-order valence-electron chi connectivity index (χ3n) is 16.1. The summed E-state index contributed by atoms with van der Waals surface area (Å²) in [5, 5.41) is 24.4. The van der Waals surface area contributed by atoms with Gasteiger partial charge in [-0.15, -0.1) is 0 Å². The quantitative estimate of drug-likeness (QED) is 0.0190. The zero-order chi connectivity index (χ0) is 66.1. The van der Waals surface area contributed by atoms with Crippen LogP contribution in [-0.2, 0) is 19.1 Å². The summed E-state index contributed by atoms with van der Waals surface area (Å²) in [7, 11) is 0. The van der Waals surface area contributed by atoms with Crippen LogP contribution in [0.1, 0.15) is 84.9 Å². The van der Waals surface area contributed by atoms with Crippen molar-refractivity contribution in [1.82, 2.24) is 39.4 Å². The Bertz CT molecular complexity index is 4130. The van der Waals surface area contributed by atoms with Crippen LogP contribution in [0.4, 0.5) is 57.1 Å². The molecule has 6 heterocycles. The second kappa shape index (κ2) is 34.0. The molecule has 2 fully saturated rings. The predicted molar refractivity (Wildman–Crippen MR) is 376 cm³/mol. The topological polar surface area (TPSA) is 312 Å². The highest BCUT2D eigenvalue weighted by atomic mass is 16.5. The van der Waals surface area contributed by atoms with Gasteiger partial charge < -0.3 is 77.0 Å². The fraction of sp³-hybridized carbons (Fsp3) is 0.278. The van der Waals surface area contributed by atoms with Gasteiger partial charge in [0.25, 0.3) is 11.8 Å². The first kappa shape index (κ1) is 66.9. The van der Waals surface area contributed by atoms with Crippen molar-refractivity contribution in [3.63, 3.8) is 0 Å². The van der Waals surface area contributed by atoms with Gasteiger partial charge in [0.05, 0.1) is 60.6 Å². The number of aromatic nitrogens is 6. The second-order valence-electron chi connectivity index (χ2n) is 23.0. The minimum absolute atomic E-state index is 0.0428. The Labute approximate surface area is 552 Å². The Morgan fingerprint density at radius 3 is 1.36 bits per heavy atom. The Balaban J connectivity index is 0.000000187. The molecule has 4 aromatic heterocycles. The number of carbonyl (C=O) groups excluding carboxylic acids is 3. The monoisotopic (exact) mass is 1280 g/mol. The number of ether oxygens (including phenoxy) is 2. The Kier molecular flexibility index (Phi) is 24.0. The summed E-state index contributed by atoms with van der Waals surface area (Å²) in [5.41, 5.74) is 28.9. The molecule has 10 aromatic rings. The smallest absolute Gasteiger partial charge is 0.303 e. The maximum atomic E-state index is 13.0. The van der Waals surface area contributed by atoms with E-state index in [9.17, 15) is 19.2 Å². The summed E-state index contributed by atoms with van der Waals surface area (Å²) >= 11 is 0. The summed E-state index contributed by atoms with van der Waals surface area (Å²) in [6.07, 6.45) is 18.3. The van der Waals surface area contributed by atoms with E-state index in [2.05, 4.69) is 70.6 Å². The number of nitrogens with two attached hydrogens (primary N) is 3. The number of imidazole rings is 2. The Hall–Kier alpha value is -11.0. The first-order chi connectivity index (χ1) is 46.4. The average molecular weight is 1280 g/mol. The number of para-hydroxylation sites is 4. The van der Waals surface area contributed by atoms with E-state index in [-0.39, 0.29) is 24.1 Å². The highest BCUT2D eigenvalue weighted by molar-refractivity contribution is 5.96. The molecule has 0 atom stereocenters. The number of anilines is 10. The van der Waals surface area contributed by atoms with E-state index < -0.39 is 5.97 Å². The zero-order valence-corrected chi connectivity index (χ0v) is 53.2. The Morgan fingerprint density at radius 2 is 0.916 bits per heavy atom. The van der Waals surface area contributed by atoms with E-state index in [0.29, 0.717) is 88.4 Å². The standard InChI is InChI=1S/C36H40N8O3.C30H34N6O4.C6H8N2/c37-30-10-4-5-11-31(30)41-33(45)12-3-1-2-6-17-39-36(46)27-9-7-8-26(24-27)32-25-44-19-18-38-35(44)34(42-32)40-28-13-15-29(16-14-28)43-20-22-47-23-21-43;37-27(38)8-3-1-2-4-13-32-30(39)23-7-5-6-22(20-23)26-21-36-15-14-31-29(36)28(34-26)33-24-9-11-25(12-10-24)35-16-18-40-19-17-35;7-5-3-1-2-4-6(5)8/h4-5,7-11,13-16,18-19,24-25H,1-3,6,12,17,20-23,37H2,(H,39,46)(H,40,42)(H,41,45);5-7,9-12,14-15,20-21H,1-4,8,13,16-19H2,(H,32,39)(H,33,34)(H,37,38);1-4H,7-8H2. The summed E-state index contributed by atoms with van der Waals surface area (Å²) in [6, 6.07) is 46.0. The first-order valence-corrected chi connectivity index (χ1v) is 32.2. The molecule has 95 heavy (non-hydrogen) atoms. The molecule has 2 saturated heterocycles. The minimum Gasteiger partial charge on any atom is -0.481 e. The van der Waals surface area contributed by atoms with Gasteiger partial charge in [0, 0.05) is 134 Å². The molecule has 0 aliphatic carbocycles. The van der Waals surface area contributed by atoms with Crippen LogP contribution >= 0.6 is 0 Å². The van der Waals surface area contributed by atoms with Gasteiger partial charge in [-0.25, -0.2) is 19.9 Å². The normalized spacial score (nSPS) is 12.8. The molecule has 12 rings (SSSR count). The van der Waals surface area contributed by atoms with Crippen molar-refractivity contribution in [2.24, 2.45) is 0 Å². The number of nitrogens with one attached hydrogen (secondary N) is 5. The SMILES string of the molecule is Nc1ccccc1N.Nc1ccccc1NC(=O)CCCCCCNC(=O)c1cccc(-c2cn3ccnc3c(Nc3ccc(N4CCOCC4)cc3)n2)c1.O=C(O)CCCCCCNC(=O)c1cccc(-c2cn3ccnc3c(Nc3ccc(N4CCOCC4)cc3)n2)c1. The molecule has 3 amide bonds. The molecule has 23 heteroatoms. The number of amides is 3. The highest BCUT2D eigenvalue weighted by Gasteiger charge is 2.18. The van der Waals surface area contributed by atoms with Crippen molar-refractivity contribution in [2.45, 2.75) is 64.2 Å². The Morgan fingerprint density at radius 1 is 0.484 bits per heavy atom. The van der Waals surface area contributed by atoms with E-state index in [1.165, 1.54) is 0 Å². The maximum absolute atomic E-state index is 13.0. The molecular formula is C72H82N16O7. The van der Waals surface area contributed by atoms with Crippen LogP contribution in [0.3, 0.4) is 0 Å². The van der Waals surface area contributed by atoms with Gasteiger partial charge in [-0.05, 0) is 123 Å². The van der Waals surface area contributed by atoms with Gasteiger partial charge >= 0.3 is 5.97 Å². The predicted octanol–water partition coefficient (Wildman–Crippen LogP) is 11.5. The summed E-state index contributed by atoms with van der Waals surface area (Å²) in [5.74, 6) is 0.168. The number of carbonyl (C=O) groups is 4. The molecule has 0 spiro atoms. The number of fused-ring (bicyclic) bond motifs is 2. The lowest BCUT2D eigenvalue weighted by atomic mass is 10.1. The van der Waals surface area contributed by atoms with Crippen LogP contribution in [0, 0.1) is 0 Å². The second-order valence-corrected chi connectivity index (χ2v) is 23.0. The number of carboxylic acids is 1. The highest BCUT2D eigenvalue weighted by Crippen LogP contribution is 2.30. The van der Waals surface area contributed by atoms with Crippen molar-refractivity contribution in [3.8, 4) is 22.5 Å². The van der Waals surface area contributed by atoms with Gasteiger partial charge in [0.1, 0.15) is 0 Å². The van der Waals surface area contributed by atoms with Crippen LogP contribution in [-0.4, -0.2) is 123 Å². The molecule has 2 aliphatic rings.